The zero-order chi connectivity index (χ0) is 15.2. The minimum atomic E-state index is -0.447. The van der Waals surface area contributed by atoms with Gasteiger partial charge < -0.3 is 5.32 Å². The highest BCUT2D eigenvalue weighted by Gasteiger charge is 2.02. The fourth-order valence-electron chi connectivity index (χ4n) is 1.70. The summed E-state index contributed by atoms with van der Waals surface area (Å²) in [6.07, 6.45) is 1.61. The summed E-state index contributed by atoms with van der Waals surface area (Å²) in [6, 6.07) is 13.2. The highest BCUT2D eigenvalue weighted by Crippen LogP contribution is 2.18. The summed E-state index contributed by atoms with van der Waals surface area (Å²) >= 11 is 0. The number of nitrogens with one attached hydrogen (secondary N) is 1. The van der Waals surface area contributed by atoms with Gasteiger partial charge in [-0.15, -0.1) is 0 Å². The number of nitro groups is 1. The number of amides is 1. The number of non-ortho nitro benzene ring substituents is 1. The lowest BCUT2D eigenvalue weighted by Crippen LogP contribution is -2.05. The average Bonchev–Trinajstić information content (AvgIpc) is 2.45. The molecular formula is C15H13N3O3. The number of carbonyl (C=O) groups is 1. The van der Waals surface area contributed by atoms with E-state index in [9.17, 15) is 14.9 Å². The van der Waals surface area contributed by atoms with Gasteiger partial charge in [-0.2, -0.15) is 0 Å². The van der Waals surface area contributed by atoms with Crippen LogP contribution in [0.4, 0.5) is 17.1 Å². The standard InChI is InChI=1S/C15H13N3O3/c1-11(19)17-14-4-2-3-13(9-14)16-10-12-5-7-15(8-6-12)18(20)21/h2-10H,1H3,(H,17,19). The number of rotatable bonds is 4. The maximum atomic E-state index is 11.0. The van der Waals surface area contributed by atoms with Crippen LogP contribution >= 0.6 is 0 Å². The number of benzene rings is 2. The first-order valence-electron chi connectivity index (χ1n) is 6.21. The van der Waals surface area contributed by atoms with Crippen molar-refractivity contribution in [3.63, 3.8) is 0 Å². The van der Waals surface area contributed by atoms with Crippen molar-refractivity contribution in [2.75, 3.05) is 5.32 Å². The number of hydrogen-bond acceptors (Lipinski definition) is 4. The summed E-state index contributed by atoms with van der Waals surface area (Å²) in [5, 5.41) is 13.2. The second-order valence-corrected chi connectivity index (χ2v) is 4.34. The van der Waals surface area contributed by atoms with Crippen LogP contribution in [0.3, 0.4) is 0 Å². The van der Waals surface area contributed by atoms with Crippen LogP contribution in [0.5, 0.6) is 0 Å². The van der Waals surface area contributed by atoms with Gasteiger partial charge in [0.05, 0.1) is 10.6 Å². The van der Waals surface area contributed by atoms with Gasteiger partial charge in [-0.05, 0) is 35.9 Å². The molecule has 0 fully saturated rings. The second-order valence-electron chi connectivity index (χ2n) is 4.34. The summed E-state index contributed by atoms with van der Waals surface area (Å²) < 4.78 is 0. The van der Waals surface area contributed by atoms with Crippen molar-refractivity contribution in [3.8, 4) is 0 Å². The highest BCUT2D eigenvalue weighted by molar-refractivity contribution is 5.89. The van der Waals surface area contributed by atoms with Crippen molar-refractivity contribution in [1.82, 2.24) is 0 Å². The van der Waals surface area contributed by atoms with E-state index in [2.05, 4.69) is 10.3 Å². The van der Waals surface area contributed by atoms with E-state index in [0.29, 0.717) is 11.4 Å². The van der Waals surface area contributed by atoms with Crippen LogP contribution in [0.2, 0.25) is 0 Å². The third kappa shape index (κ3) is 4.24. The Labute approximate surface area is 121 Å². The van der Waals surface area contributed by atoms with Gasteiger partial charge in [0.1, 0.15) is 0 Å². The quantitative estimate of drug-likeness (QED) is 0.530. The Morgan fingerprint density at radius 2 is 1.95 bits per heavy atom. The van der Waals surface area contributed by atoms with E-state index >= 15 is 0 Å². The molecule has 0 aliphatic carbocycles. The molecule has 2 rings (SSSR count). The van der Waals surface area contributed by atoms with E-state index in [4.69, 9.17) is 0 Å². The molecule has 0 aromatic heterocycles. The van der Waals surface area contributed by atoms with Crippen molar-refractivity contribution in [2.45, 2.75) is 6.92 Å². The van der Waals surface area contributed by atoms with Crippen LogP contribution in [0, 0.1) is 10.1 Å². The summed E-state index contributed by atoms with van der Waals surface area (Å²) in [5.74, 6) is -0.147. The van der Waals surface area contributed by atoms with E-state index in [0.717, 1.165) is 5.56 Å². The lowest BCUT2D eigenvalue weighted by molar-refractivity contribution is -0.384. The van der Waals surface area contributed by atoms with E-state index in [1.807, 2.05) is 0 Å². The minimum absolute atomic E-state index is 0.0415. The zero-order valence-electron chi connectivity index (χ0n) is 11.3. The molecule has 0 spiro atoms. The molecule has 0 bridgehead atoms. The van der Waals surface area contributed by atoms with Gasteiger partial charge >= 0.3 is 0 Å². The Morgan fingerprint density at radius 3 is 2.57 bits per heavy atom. The number of aliphatic imine (C=N–C) groups is 1. The molecule has 2 aromatic carbocycles. The lowest BCUT2D eigenvalue weighted by Gasteiger charge is -2.02. The summed E-state index contributed by atoms with van der Waals surface area (Å²) in [6.45, 7) is 1.44. The molecule has 1 amide bonds. The molecule has 0 heterocycles. The summed E-state index contributed by atoms with van der Waals surface area (Å²) in [4.78, 5) is 25.4. The monoisotopic (exact) mass is 283 g/mol. The molecule has 106 valence electrons. The Hall–Kier alpha value is -3.02. The van der Waals surface area contributed by atoms with Gasteiger partial charge in [-0.1, -0.05) is 6.07 Å². The Morgan fingerprint density at radius 1 is 1.24 bits per heavy atom. The fraction of sp³-hybridized carbons (Fsp3) is 0.0667. The van der Waals surface area contributed by atoms with Gasteiger partial charge in [-0.25, -0.2) is 0 Å². The molecule has 0 aliphatic heterocycles. The van der Waals surface area contributed by atoms with Crippen molar-refractivity contribution >= 4 is 29.2 Å². The van der Waals surface area contributed by atoms with Gasteiger partial charge in [0, 0.05) is 31.0 Å². The molecule has 0 atom stereocenters. The van der Waals surface area contributed by atoms with Crippen molar-refractivity contribution in [3.05, 3.63) is 64.2 Å². The van der Waals surface area contributed by atoms with E-state index in [1.165, 1.54) is 19.1 Å². The molecular weight excluding hydrogens is 270 g/mol. The summed E-state index contributed by atoms with van der Waals surface area (Å²) in [5.41, 5.74) is 2.14. The minimum Gasteiger partial charge on any atom is -0.326 e. The van der Waals surface area contributed by atoms with E-state index < -0.39 is 4.92 Å². The highest BCUT2D eigenvalue weighted by atomic mass is 16.6. The molecule has 2 aromatic rings. The van der Waals surface area contributed by atoms with Crippen LogP contribution < -0.4 is 5.32 Å². The number of nitrogens with zero attached hydrogens (tertiary/aromatic N) is 2. The number of nitro benzene ring substituents is 1. The van der Waals surface area contributed by atoms with Crippen molar-refractivity contribution < 1.29 is 9.72 Å². The van der Waals surface area contributed by atoms with Crippen molar-refractivity contribution in [2.24, 2.45) is 4.99 Å². The first-order chi connectivity index (χ1) is 10.0. The van der Waals surface area contributed by atoms with Crippen LogP contribution in [0.15, 0.2) is 53.5 Å². The van der Waals surface area contributed by atoms with Gasteiger partial charge in [0.15, 0.2) is 0 Å². The molecule has 0 aliphatic rings. The Bertz CT molecular complexity index is 694. The molecule has 0 saturated heterocycles. The number of carbonyl (C=O) groups excluding carboxylic acids is 1. The van der Waals surface area contributed by atoms with Gasteiger partial charge in [0.25, 0.3) is 5.69 Å². The van der Waals surface area contributed by atoms with Crippen molar-refractivity contribution in [1.29, 1.82) is 0 Å². The maximum Gasteiger partial charge on any atom is 0.269 e. The Balaban J connectivity index is 2.13. The second kappa shape index (κ2) is 6.42. The number of anilines is 1. The normalized spacial score (nSPS) is 10.5. The predicted molar refractivity (Wildman–Crippen MR) is 81.1 cm³/mol. The third-order valence-electron chi connectivity index (χ3n) is 2.63. The maximum absolute atomic E-state index is 11.0. The average molecular weight is 283 g/mol. The van der Waals surface area contributed by atoms with E-state index in [1.54, 1.807) is 42.6 Å². The molecule has 0 unspecified atom stereocenters. The smallest absolute Gasteiger partial charge is 0.269 e. The molecule has 21 heavy (non-hydrogen) atoms. The third-order valence-corrected chi connectivity index (χ3v) is 2.63. The van der Waals surface area contributed by atoms with Gasteiger partial charge in [-0.3, -0.25) is 19.9 Å². The van der Waals surface area contributed by atoms with Crippen LogP contribution in [-0.4, -0.2) is 17.0 Å². The fourth-order valence-corrected chi connectivity index (χ4v) is 1.70. The Kier molecular flexibility index (Phi) is 4.40. The van der Waals surface area contributed by atoms with Gasteiger partial charge in [0.2, 0.25) is 5.91 Å². The SMILES string of the molecule is CC(=O)Nc1cccc(N=Cc2ccc([N+](=O)[O-])cc2)c1. The zero-order valence-corrected chi connectivity index (χ0v) is 11.3. The number of hydrogen-bond donors (Lipinski definition) is 1. The molecule has 1 N–H and O–H groups in total. The molecule has 0 radical (unpaired) electrons. The van der Waals surface area contributed by atoms with Crippen LogP contribution in [0.1, 0.15) is 12.5 Å². The lowest BCUT2D eigenvalue weighted by atomic mass is 10.2. The molecule has 6 nitrogen and oxygen atoms in total. The molecule has 0 saturated carbocycles. The van der Waals surface area contributed by atoms with E-state index in [-0.39, 0.29) is 11.6 Å². The first-order valence-corrected chi connectivity index (χ1v) is 6.21. The molecule has 6 heteroatoms. The van der Waals surface area contributed by atoms with Crippen LogP contribution in [-0.2, 0) is 4.79 Å². The topological polar surface area (TPSA) is 84.6 Å². The predicted octanol–water partition coefficient (Wildman–Crippen LogP) is 3.30. The first kappa shape index (κ1) is 14.4. The summed E-state index contributed by atoms with van der Waals surface area (Å²) in [7, 11) is 0. The van der Waals surface area contributed by atoms with Crippen LogP contribution in [0.25, 0.3) is 0 Å². The largest absolute Gasteiger partial charge is 0.326 e.